The van der Waals surface area contributed by atoms with Gasteiger partial charge in [-0.25, -0.2) is 0 Å². The zero-order valence-corrected chi connectivity index (χ0v) is 7.19. The highest BCUT2D eigenvalue weighted by molar-refractivity contribution is 5.81. The van der Waals surface area contributed by atoms with Crippen LogP contribution in [0.25, 0.3) is 0 Å². The van der Waals surface area contributed by atoms with Crippen molar-refractivity contribution < 1.29 is 15.1 Å². The molecule has 0 saturated carbocycles. The van der Waals surface area contributed by atoms with E-state index in [4.69, 9.17) is 5.21 Å². The number of rotatable bonds is 3. The molecule has 0 unspecified atom stereocenters. The molecule has 0 heterocycles. The summed E-state index contributed by atoms with van der Waals surface area (Å²) < 4.78 is 0. The lowest BCUT2D eigenvalue weighted by molar-refractivity contribution is -0.125. The van der Waals surface area contributed by atoms with Crippen molar-refractivity contribution >= 4 is 11.5 Å². The minimum Gasteiger partial charge on any atom is -0.381 e. The number of carbonyl (C=O) groups excluding carboxylic acids is 1. The van der Waals surface area contributed by atoms with E-state index in [1.165, 1.54) is 13.0 Å². The number of hydrogen-bond acceptors (Lipinski definition) is 4. The smallest absolute Gasteiger partial charge is 0.162 e. The molecular weight excluding hydrogens is 170 g/mol. The minimum absolute atomic E-state index is 0.324. The molecule has 70 valence electrons. The second-order valence-corrected chi connectivity index (χ2v) is 2.75. The summed E-state index contributed by atoms with van der Waals surface area (Å²) in [5, 5.41) is 17.9. The summed E-state index contributed by atoms with van der Waals surface area (Å²) in [4.78, 5) is 10.8. The third-order valence-electron chi connectivity index (χ3n) is 1.72. The van der Waals surface area contributed by atoms with Crippen LogP contribution in [0.15, 0.2) is 24.3 Å². The summed E-state index contributed by atoms with van der Waals surface area (Å²) in [6.45, 7) is 1.31. The van der Waals surface area contributed by atoms with Crippen molar-refractivity contribution in [2.75, 3.05) is 5.48 Å². The summed E-state index contributed by atoms with van der Waals surface area (Å²) in [5.74, 6) is -0.324. The fourth-order valence-electron chi connectivity index (χ4n) is 1.01. The molecule has 1 rings (SSSR count). The average molecular weight is 181 g/mol. The second kappa shape index (κ2) is 4.02. The summed E-state index contributed by atoms with van der Waals surface area (Å²) in [7, 11) is 0. The van der Waals surface area contributed by atoms with Crippen LogP contribution in [0.2, 0.25) is 0 Å². The number of anilines is 1. The maximum Gasteiger partial charge on any atom is 0.162 e. The van der Waals surface area contributed by atoms with E-state index in [1.54, 1.807) is 18.2 Å². The molecule has 0 fully saturated rings. The van der Waals surface area contributed by atoms with E-state index in [0.29, 0.717) is 11.3 Å². The van der Waals surface area contributed by atoms with Crippen molar-refractivity contribution in [2.24, 2.45) is 0 Å². The molecule has 4 heteroatoms. The van der Waals surface area contributed by atoms with E-state index in [-0.39, 0.29) is 5.78 Å². The number of carbonyl (C=O) groups is 1. The Morgan fingerprint density at radius 2 is 2.23 bits per heavy atom. The summed E-state index contributed by atoms with van der Waals surface area (Å²) in [6, 6.07) is 6.38. The summed E-state index contributed by atoms with van der Waals surface area (Å²) in [5.41, 5.74) is 2.85. The molecule has 4 nitrogen and oxygen atoms in total. The van der Waals surface area contributed by atoms with E-state index in [1.807, 2.05) is 5.48 Å². The van der Waals surface area contributed by atoms with E-state index in [9.17, 15) is 9.90 Å². The first kappa shape index (κ1) is 9.70. The molecule has 1 atom stereocenters. The predicted octanol–water partition coefficient (Wildman–Crippen LogP) is 1.11. The number of aliphatic hydroxyl groups is 1. The Kier molecular flexibility index (Phi) is 3.00. The SMILES string of the molecule is CC(=O)[C@H](O)c1cccc(NO)c1. The van der Waals surface area contributed by atoms with Gasteiger partial charge in [0.2, 0.25) is 0 Å². The second-order valence-electron chi connectivity index (χ2n) is 2.75. The van der Waals surface area contributed by atoms with E-state index in [0.717, 1.165) is 0 Å². The van der Waals surface area contributed by atoms with Gasteiger partial charge in [-0.15, -0.1) is 0 Å². The molecule has 0 amide bonds. The topological polar surface area (TPSA) is 69.6 Å². The highest BCUT2D eigenvalue weighted by Crippen LogP contribution is 2.17. The highest BCUT2D eigenvalue weighted by Gasteiger charge is 2.12. The summed E-state index contributed by atoms with van der Waals surface area (Å²) >= 11 is 0. The average Bonchev–Trinajstić information content (AvgIpc) is 2.16. The zero-order valence-electron chi connectivity index (χ0n) is 7.19. The van der Waals surface area contributed by atoms with Crippen LogP contribution in [-0.2, 0) is 4.79 Å². The van der Waals surface area contributed by atoms with Crippen molar-refractivity contribution in [3.63, 3.8) is 0 Å². The number of Topliss-reactive ketones (excluding diaryl/α,β-unsaturated/α-hetero) is 1. The molecule has 0 saturated heterocycles. The zero-order chi connectivity index (χ0) is 9.84. The first-order valence-corrected chi connectivity index (χ1v) is 3.83. The number of hydrogen-bond donors (Lipinski definition) is 3. The van der Waals surface area contributed by atoms with Gasteiger partial charge < -0.3 is 5.11 Å². The molecule has 3 N–H and O–H groups in total. The van der Waals surface area contributed by atoms with Gasteiger partial charge in [0, 0.05) is 0 Å². The lowest BCUT2D eigenvalue weighted by atomic mass is 10.1. The highest BCUT2D eigenvalue weighted by atomic mass is 16.5. The first-order valence-electron chi connectivity index (χ1n) is 3.83. The standard InChI is InChI=1S/C9H11NO3/c1-6(11)9(12)7-3-2-4-8(5-7)10-13/h2-5,9-10,12-13H,1H3/t9-/m0/s1. The van der Waals surface area contributed by atoms with Crippen molar-refractivity contribution in [3.8, 4) is 0 Å². The van der Waals surface area contributed by atoms with Crippen LogP contribution >= 0.6 is 0 Å². The van der Waals surface area contributed by atoms with Gasteiger partial charge in [-0.3, -0.25) is 15.5 Å². The third kappa shape index (κ3) is 2.27. The van der Waals surface area contributed by atoms with Gasteiger partial charge in [0.25, 0.3) is 0 Å². The lowest BCUT2D eigenvalue weighted by Gasteiger charge is -2.07. The molecule has 1 aromatic rings. The lowest BCUT2D eigenvalue weighted by Crippen LogP contribution is -2.07. The van der Waals surface area contributed by atoms with Gasteiger partial charge in [0.15, 0.2) is 5.78 Å². The Bertz CT molecular complexity index is 311. The fourth-order valence-corrected chi connectivity index (χ4v) is 1.01. The van der Waals surface area contributed by atoms with E-state index >= 15 is 0 Å². The third-order valence-corrected chi connectivity index (χ3v) is 1.72. The van der Waals surface area contributed by atoms with Crippen LogP contribution in [0.4, 0.5) is 5.69 Å². The monoisotopic (exact) mass is 181 g/mol. The molecule has 0 spiro atoms. The summed E-state index contributed by atoms with van der Waals surface area (Å²) in [6.07, 6.45) is -1.12. The van der Waals surface area contributed by atoms with Gasteiger partial charge in [0.1, 0.15) is 6.10 Å². The van der Waals surface area contributed by atoms with Gasteiger partial charge >= 0.3 is 0 Å². The molecule has 0 aliphatic carbocycles. The number of benzene rings is 1. The Hall–Kier alpha value is -1.39. The van der Waals surface area contributed by atoms with Crippen LogP contribution in [0.5, 0.6) is 0 Å². The van der Waals surface area contributed by atoms with Gasteiger partial charge in [-0.2, -0.15) is 0 Å². The number of aliphatic hydroxyl groups excluding tert-OH is 1. The number of ketones is 1. The van der Waals surface area contributed by atoms with Crippen LogP contribution in [-0.4, -0.2) is 16.1 Å². The minimum atomic E-state index is -1.12. The maximum atomic E-state index is 10.8. The normalized spacial score (nSPS) is 12.2. The molecule has 0 aliphatic heterocycles. The maximum absolute atomic E-state index is 10.8. The molecule has 13 heavy (non-hydrogen) atoms. The van der Waals surface area contributed by atoms with Crippen molar-refractivity contribution in [1.29, 1.82) is 0 Å². The predicted molar refractivity (Wildman–Crippen MR) is 47.5 cm³/mol. The van der Waals surface area contributed by atoms with Crippen LogP contribution in [0.3, 0.4) is 0 Å². The molecule has 0 radical (unpaired) electrons. The van der Waals surface area contributed by atoms with Crippen molar-refractivity contribution in [1.82, 2.24) is 0 Å². The number of nitrogens with one attached hydrogen (secondary N) is 1. The Labute approximate surface area is 75.8 Å². The van der Waals surface area contributed by atoms with Gasteiger partial charge in [-0.05, 0) is 24.6 Å². The first-order chi connectivity index (χ1) is 6.15. The Morgan fingerprint density at radius 1 is 1.54 bits per heavy atom. The van der Waals surface area contributed by atoms with Crippen molar-refractivity contribution in [3.05, 3.63) is 29.8 Å². The molecule has 1 aromatic carbocycles. The van der Waals surface area contributed by atoms with Crippen LogP contribution in [0, 0.1) is 0 Å². The van der Waals surface area contributed by atoms with Crippen molar-refractivity contribution in [2.45, 2.75) is 13.0 Å². The molecule has 0 aromatic heterocycles. The van der Waals surface area contributed by atoms with E-state index < -0.39 is 6.10 Å². The quantitative estimate of drug-likeness (QED) is 0.611. The van der Waals surface area contributed by atoms with Crippen LogP contribution < -0.4 is 5.48 Å². The van der Waals surface area contributed by atoms with Gasteiger partial charge in [0.05, 0.1) is 5.69 Å². The van der Waals surface area contributed by atoms with Crippen LogP contribution in [0.1, 0.15) is 18.6 Å². The Morgan fingerprint density at radius 3 is 2.77 bits per heavy atom. The largest absolute Gasteiger partial charge is 0.381 e. The Balaban J connectivity index is 2.94. The molecule has 0 bridgehead atoms. The van der Waals surface area contributed by atoms with Gasteiger partial charge in [-0.1, -0.05) is 12.1 Å². The van der Waals surface area contributed by atoms with E-state index in [2.05, 4.69) is 0 Å². The fraction of sp³-hybridized carbons (Fsp3) is 0.222. The molecular formula is C9H11NO3. The molecule has 0 aliphatic rings.